The quantitative estimate of drug-likeness (QED) is 0.554. The Bertz CT molecular complexity index is 245. The third-order valence-corrected chi connectivity index (χ3v) is 3.85. The Balaban J connectivity index is 1.73. The van der Waals surface area contributed by atoms with Crippen molar-refractivity contribution < 1.29 is 0 Å². The van der Waals surface area contributed by atoms with Crippen molar-refractivity contribution in [3.8, 4) is 0 Å². The van der Waals surface area contributed by atoms with E-state index in [0.717, 1.165) is 6.54 Å². The molecule has 0 aromatic heterocycles. The summed E-state index contributed by atoms with van der Waals surface area (Å²) < 4.78 is 0. The molecule has 2 fully saturated rings. The molecule has 2 aliphatic rings. The zero-order chi connectivity index (χ0) is 11.4. The molecule has 1 unspecified atom stereocenters. The second-order valence-electron chi connectivity index (χ2n) is 5.13. The van der Waals surface area contributed by atoms with E-state index in [9.17, 15) is 0 Å². The maximum atomic E-state index is 5.90. The Kier molecular flexibility index (Phi) is 4.04. The zero-order valence-electron chi connectivity index (χ0n) is 10.3. The van der Waals surface area contributed by atoms with E-state index >= 15 is 0 Å². The van der Waals surface area contributed by atoms with Crippen molar-refractivity contribution in [1.29, 1.82) is 0 Å². The first-order valence-electron chi connectivity index (χ1n) is 6.52. The van der Waals surface area contributed by atoms with Crippen LogP contribution in [-0.2, 0) is 0 Å². The summed E-state index contributed by atoms with van der Waals surface area (Å²) >= 11 is 0. The van der Waals surface area contributed by atoms with Crippen LogP contribution in [0.4, 0.5) is 0 Å². The van der Waals surface area contributed by atoms with Gasteiger partial charge in [-0.3, -0.25) is 4.99 Å². The van der Waals surface area contributed by atoms with Crippen molar-refractivity contribution in [3.63, 3.8) is 0 Å². The molecule has 0 bridgehead atoms. The number of guanidine groups is 1. The Labute approximate surface area is 98.3 Å². The van der Waals surface area contributed by atoms with Gasteiger partial charge in [0.1, 0.15) is 0 Å². The predicted molar refractivity (Wildman–Crippen MR) is 67.5 cm³/mol. The van der Waals surface area contributed by atoms with Crippen molar-refractivity contribution in [2.45, 2.75) is 50.6 Å². The average Bonchev–Trinajstić information content (AvgIpc) is 2.87. The molecule has 1 atom stereocenters. The Morgan fingerprint density at radius 1 is 1.31 bits per heavy atom. The van der Waals surface area contributed by atoms with Gasteiger partial charge < -0.3 is 16.0 Å². The van der Waals surface area contributed by atoms with Crippen LogP contribution >= 0.6 is 0 Å². The highest BCUT2D eigenvalue weighted by Gasteiger charge is 2.20. The predicted octanol–water partition coefficient (Wildman–Crippen LogP) is 0.927. The molecule has 0 aromatic carbocycles. The third-order valence-electron chi connectivity index (χ3n) is 3.85. The molecular formula is C12H24N4. The summed E-state index contributed by atoms with van der Waals surface area (Å²) in [5.74, 6) is 0.646. The largest absolute Gasteiger partial charge is 0.370 e. The molecule has 92 valence electrons. The zero-order valence-corrected chi connectivity index (χ0v) is 10.3. The van der Waals surface area contributed by atoms with Gasteiger partial charge in [-0.2, -0.15) is 0 Å². The van der Waals surface area contributed by atoms with Gasteiger partial charge in [-0.25, -0.2) is 0 Å². The van der Waals surface area contributed by atoms with Gasteiger partial charge in [-0.15, -0.1) is 0 Å². The first-order chi connectivity index (χ1) is 7.75. The van der Waals surface area contributed by atoms with Crippen LogP contribution in [0.2, 0.25) is 0 Å². The summed E-state index contributed by atoms with van der Waals surface area (Å²) in [5, 5.41) is 3.33. The number of likely N-dealkylation sites (N-methyl/N-ethyl adjacent to an activating group) is 1. The molecule has 3 N–H and O–H groups in total. The van der Waals surface area contributed by atoms with Crippen LogP contribution < -0.4 is 11.1 Å². The average molecular weight is 224 g/mol. The topological polar surface area (TPSA) is 53.6 Å². The number of hydrogen-bond acceptors (Lipinski definition) is 2. The van der Waals surface area contributed by atoms with Crippen molar-refractivity contribution in [3.05, 3.63) is 0 Å². The first-order valence-corrected chi connectivity index (χ1v) is 6.52. The highest BCUT2D eigenvalue weighted by atomic mass is 15.2. The van der Waals surface area contributed by atoms with Crippen LogP contribution in [0.25, 0.3) is 0 Å². The molecule has 4 nitrogen and oxygen atoms in total. The molecule has 1 aliphatic carbocycles. The second kappa shape index (κ2) is 5.53. The van der Waals surface area contributed by atoms with E-state index in [4.69, 9.17) is 5.73 Å². The van der Waals surface area contributed by atoms with Gasteiger partial charge in [-0.05, 0) is 39.3 Å². The second-order valence-corrected chi connectivity index (χ2v) is 5.13. The molecule has 0 radical (unpaired) electrons. The molecule has 1 heterocycles. The maximum absolute atomic E-state index is 5.90. The van der Waals surface area contributed by atoms with E-state index in [0.29, 0.717) is 18.0 Å². The van der Waals surface area contributed by atoms with Gasteiger partial charge in [0.15, 0.2) is 5.96 Å². The van der Waals surface area contributed by atoms with Crippen LogP contribution in [0.1, 0.15) is 38.5 Å². The minimum Gasteiger partial charge on any atom is -0.370 e. The summed E-state index contributed by atoms with van der Waals surface area (Å²) in [6.07, 6.45) is 7.72. The lowest BCUT2D eigenvalue weighted by Crippen LogP contribution is -2.39. The van der Waals surface area contributed by atoms with Crippen LogP contribution in [0.5, 0.6) is 0 Å². The number of hydrogen-bond donors (Lipinski definition) is 2. The van der Waals surface area contributed by atoms with Gasteiger partial charge in [-0.1, -0.05) is 12.8 Å². The molecule has 4 heteroatoms. The van der Waals surface area contributed by atoms with Gasteiger partial charge in [0.2, 0.25) is 0 Å². The Morgan fingerprint density at radius 2 is 2.06 bits per heavy atom. The van der Waals surface area contributed by atoms with Crippen LogP contribution in [0.3, 0.4) is 0 Å². The van der Waals surface area contributed by atoms with Gasteiger partial charge in [0.25, 0.3) is 0 Å². The molecule has 1 saturated heterocycles. The minimum atomic E-state index is 0.574. The van der Waals surface area contributed by atoms with E-state index in [1.807, 2.05) is 0 Å². The summed E-state index contributed by atoms with van der Waals surface area (Å²) in [6, 6.07) is 1.17. The minimum absolute atomic E-state index is 0.574. The standard InChI is InChI=1S/C12H24N4/c1-16-8-4-7-11(16)9-14-12(13)15-10-5-2-3-6-10/h10-11H,2-9H2,1H3,(H3,13,14,15). The molecule has 2 rings (SSSR count). The first kappa shape index (κ1) is 11.7. The summed E-state index contributed by atoms with van der Waals surface area (Å²) in [6.45, 7) is 2.05. The smallest absolute Gasteiger partial charge is 0.188 e. The van der Waals surface area contributed by atoms with Crippen LogP contribution in [-0.4, -0.2) is 43.1 Å². The van der Waals surface area contributed by atoms with E-state index < -0.39 is 0 Å². The number of nitrogens with one attached hydrogen (secondary N) is 1. The summed E-state index contributed by atoms with van der Waals surface area (Å²) in [5.41, 5.74) is 5.90. The number of aliphatic imine (C=N–C) groups is 1. The maximum Gasteiger partial charge on any atom is 0.188 e. The fourth-order valence-corrected chi connectivity index (χ4v) is 2.74. The Hall–Kier alpha value is -0.770. The molecule has 1 saturated carbocycles. The number of nitrogens with two attached hydrogens (primary N) is 1. The normalized spacial score (nSPS) is 28.8. The lowest BCUT2D eigenvalue weighted by atomic mass is 10.2. The highest BCUT2D eigenvalue weighted by molar-refractivity contribution is 5.78. The lowest BCUT2D eigenvalue weighted by molar-refractivity contribution is 0.317. The van der Waals surface area contributed by atoms with E-state index in [1.165, 1.54) is 45.1 Å². The number of rotatable bonds is 3. The molecule has 0 aromatic rings. The van der Waals surface area contributed by atoms with Crippen molar-refractivity contribution in [2.75, 3.05) is 20.1 Å². The monoisotopic (exact) mass is 224 g/mol. The molecular weight excluding hydrogens is 200 g/mol. The van der Waals surface area contributed by atoms with Crippen molar-refractivity contribution in [2.24, 2.45) is 10.7 Å². The molecule has 0 spiro atoms. The fourth-order valence-electron chi connectivity index (χ4n) is 2.74. The SMILES string of the molecule is CN1CCCC1CN=C(N)NC1CCCC1. The summed E-state index contributed by atoms with van der Waals surface area (Å²) in [7, 11) is 2.17. The van der Waals surface area contributed by atoms with Gasteiger partial charge in [0.05, 0.1) is 6.54 Å². The van der Waals surface area contributed by atoms with E-state index in [2.05, 4.69) is 22.3 Å². The van der Waals surface area contributed by atoms with E-state index in [-0.39, 0.29) is 0 Å². The number of likely N-dealkylation sites (tertiary alicyclic amines) is 1. The highest BCUT2D eigenvalue weighted by Crippen LogP contribution is 2.17. The number of nitrogens with zero attached hydrogens (tertiary/aromatic N) is 2. The van der Waals surface area contributed by atoms with Crippen LogP contribution in [0, 0.1) is 0 Å². The van der Waals surface area contributed by atoms with E-state index in [1.54, 1.807) is 0 Å². The fraction of sp³-hybridized carbons (Fsp3) is 0.917. The molecule has 1 aliphatic heterocycles. The van der Waals surface area contributed by atoms with Crippen molar-refractivity contribution in [1.82, 2.24) is 10.2 Å². The van der Waals surface area contributed by atoms with Crippen molar-refractivity contribution >= 4 is 5.96 Å². The lowest BCUT2D eigenvalue weighted by Gasteiger charge is -2.18. The van der Waals surface area contributed by atoms with Gasteiger partial charge >= 0.3 is 0 Å². The molecule has 16 heavy (non-hydrogen) atoms. The summed E-state index contributed by atoms with van der Waals surface area (Å²) in [4.78, 5) is 6.84. The van der Waals surface area contributed by atoms with Crippen LogP contribution in [0.15, 0.2) is 4.99 Å². The van der Waals surface area contributed by atoms with Gasteiger partial charge in [0, 0.05) is 12.1 Å². The molecule has 0 amide bonds. The third kappa shape index (κ3) is 3.11. The Morgan fingerprint density at radius 3 is 2.69 bits per heavy atom.